The summed E-state index contributed by atoms with van der Waals surface area (Å²) in [7, 11) is 1.67. The average Bonchev–Trinajstić information content (AvgIpc) is 3.32. The lowest BCUT2D eigenvalue weighted by molar-refractivity contribution is 0.0520. The highest BCUT2D eigenvalue weighted by Crippen LogP contribution is 2.58. The summed E-state index contributed by atoms with van der Waals surface area (Å²) in [5, 5.41) is 4.27. The molecule has 150 valence electrons. The molecule has 0 N–H and O–H groups in total. The van der Waals surface area contributed by atoms with Gasteiger partial charge in [-0.1, -0.05) is 51.1 Å². The minimum atomic E-state index is -0.102. The number of benzene rings is 2. The maximum Gasteiger partial charge on any atom is 0.345 e. The lowest BCUT2D eigenvalue weighted by atomic mass is 9.80. The standard InChI is InChI=1S/C24H27N3O2/c1-5-19-21-15-20(16-11-13-18(29-4)14-12-16)27-23(28)25(17-9-7-6-8-10-17)22(26(21)27)24(19,2)3/h6-14,20,22H,5,15H2,1-4H3. The number of methoxy groups -OCH3 is 1. The molecule has 2 unspecified atom stereocenters. The maximum absolute atomic E-state index is 13.7. The van der Waals surface area contributed by atoms with E-state index in [1.54, 1.807) is 7.11 Å². The van der Waals surface area contributed by atoms with E-state index >= 15 is 0 Å². The summed E-state index contributed by atoms with van der Waals surface area (Å²) in [4.78, 5) is 15.7. The normalized spacial score (nSPS) is 24.6. The summed E-state index contributed by atoms with van der Waals surface area (Å²) >= 11 is 0. The molecule has 0 spiro atoms. The van der Waals surface area contributed by atoms with Crippen molar-refractivity contribution in [3.8, 4) is 5.75 Å². The van der Waals surface area contributed by atoms with Crippen LogP contribution in [0, 0.1) is 5.41 Å². The van der Waals surface area contributed by atoms with Crippen molar-refractivity contribution < 1.29 is 9.53 Å². The summed E-state index contributed by atoms with van der Waals surface area (Å²) in [6, 6.07) is 18.2. The van der Waals surface area contributed by atoms with Crippen LogP contribution in [0.25, 0.3) is 0 Å². The summed E-state index contributed by atoms with van der Waals surface area (Å²) in [5.41, 5.74) is 4.76. The number of nitrogens with zero attached hydrogens (tertiary/aromatic N) is 3. The highest BCUT2D eigenvalue weighted by atomic mass is 16.5. The fourth-order valence-corrected chi connectivity index (χ4v) is 5.46. The number of amides is 2. The molecule has 0 aliphatic carbocycles. The van der Waals surface area contributed by atoms with E-state index in [4.69, 9.17) is 4.74 Å². The molecule has 0 bridgehead atoms. The van der Waals surface area contributed by atoms with E-state index < -0.39 is 0 Å². The van der Waals surface area contributed by atoms with Gasteiger partial charge in [-0.05, 0) is 41.8 Å². The number of rotatable bonds is 4. The largest absolute Gasteiger partial charge is 0.497 e. The van der Waals surface area contributed by atoms with Crippen molar-refractivity contribution in [2.45, 2.75) is 45.8 Å². The zero-order valence-corrected chi connectivity index (χ0v) is 17.4. The Labute approximate surface area is 172 Å². The first-order valence-electron chi connectivity index (χ1n) is 10.3. The molecule has 3 aliphatic heterocycles. The SMILES string of the molecule is CCC1=C2CC(c3ccc(OC)cc3)N3C(=O)N(c4ccccc4)C(N23)C1(C)C. The van der Waals surface area contributed by atoms with Gasteiger partial charge in [0.05, 0.1) is 13.2 Å². The van der Waals surface area contributed by atoms with Gasteiger partial charge in [0, 0.05) is 23.2 Å². The molecule has 5 rings (SSSR count). The third-order valence-corrected chi connectivity index (χ3v) is 6.73. The number of carbonyl (C=O) groups excluding carboxylic acids is 1. The Morgan fingerprint density at radius 2 is 1.72 bits per heavy atom. The van der Waals surface area contributed by atoms with Crippen molar-refractivity contribution in [3.63, 3.8) is 0 Å². The van der Waals surface area contributed by atoms with Gasteiger partial charge in [-0.2, -0.15) is 0 Å². The van der Waals surface area contributed by atoms with Crippen LogP contribution in [-0.2, 0) is 0 Å². The van der Waals surface area contributed by atoms with E-state index in [2.05, 4.69) is 37.9 Å². The van der Waals surface area contributed by atoms with E-state index in [1.807, 2.05) is 52.4 Å². The molecule has 0 radical (unpaired) electrons. The fourth-order valence-electron chi connectivity index (χ4n) is 5.46. The van der Waals surface area contributed by atoms with Gasteiger partial charge in [0.1, 0.15) is 11.9 Å². The van der Waals surface area contributed by atoms with Gasteiger partial charge >= 0.3 is 6.03 Å². The molecule has 2 aromatic rings. The van der Waals surface area contributed by atoms with Crippen molar-refractivity contribution in [2.24, 2.45) is 5.41 Å². The molecule has 0 saturated carbocycles. The number of para-hydroxylation sites is 1. The highest BCUT2D eigenvalue weighted by molar-refractivity contribution is 5.96. The second-order valence-electron chi connectivity index (χ2n) is 8.54. The number of carbonyl (C=O) groups is 1. The smallest absolute Gasteiger partial charge is 0.345 e. The lowest BCUT2D eigenvalue weighted by Gasteiger charge is -2.35. The summed E-state index contributed by atoms with van der Waals surface area (Å²) in [6.45, 7) is 6.78. The average molecular weight is 389 g/mol. The second kappa shape index (κ2) is 6.28. The number of anilines is 1. The van der Waals surface area contributed by atoms with Crippen LogP contribution >= 0.6 is 0 Å². The summed E-state index contributed by atoms with van der Waals surface area (Å²) in [6.07, 6.45) is 1.84. The van der Waals surface area contributed by atoms with Crippen LogP contribution in [0.4, 0.5) is 10.5 Å². The molecule has 2 amide bonds. The third kappa shape index (κ3) is 2.36. The van der Waals surface area contributed by atoms with E-state index in [0.29, 0.717) is 0 Å². The number of hydrazine groups is 1. The predicted molar refractivity (Wildman–Crippen MR) is 113 cm³/mol. The van der Waals surface area contributed by atoms with Gasteiger partial charge in [0.15, 0.2) is 0 Å². The lowest BCUT2D eigenvalue weighted by Crippen LogP contribution is -2.45. The van der Waals surface area contributed by atoms with Crippen molar-refractivity contribution in [3.05, 3.63) is 71.4 Å². The van der Waals surface area contributed by atoms with Crippen molar-refractivity contribution in [2.75, 3.05) is 12.0 Å². The summed E-state index contributed by atoms with van der Waals surface area (Å²) < 4.78 is 5.32. The van der Waals surface area contributed by atoms with Crippen LogP contribution in [0.1, 0.15) is 45.2 Å². The third-order valence-electron chi connectivity index (χ3n) is 6.73. The first kappa shape index (κ1) is 18.1. The molecule has 3 heterocycles. The van der Waals surface area contributed by atoms with E-state index in [1.165, 1.54) is 11.3 Å². The first-order valence-corrected chi connectivity index (χ1v) is 10.3. The Bertz CT molecular complexity index is 981. The monoisotopic (exact) mass is 389 g/mol. The number of hydrogen-bond acceptors (Lipinski definition) is 3. The molecule has 0 aromatic heterocycles. The molecule has 29 heavy (non-hydrogen) atoms. The van der Waals surface area contributed by atoms with Gasteiger partial charge in [-0.15, -0.1) is 0 Å². The summed E-state index contributed by atoms with van der Waals surface area (Å²) in [5.74, 6) is 0.832. The van der Waals surface area contributed by atoms with Crippen LogP contribution in [0.5, 0.6) is 5.75 Å². The van der Waals surface area contributed by atoms with Crippen LogP contribution in [0.15, 0.2) is 65.9 Å². The van der Waals surface area contributed by atoms with Crippen molar-refractivity contribution >= 4 is 11.7 Å². The van der Waals surface area contributed by atoms with Crippen LogP contribution < -0.4 is 9.64 Å². The molecule has 2 atom stereocenters. The topological polar surface area (TPSA) is 36.0 Å². The Hall–Kier alpha value is -2.95. The molecule has 2 aromatic carbocycles. The van der Waals surface area contributed by atoms with Crippen LogP contribution in [0.2, 0.25) is 0 Å². The zero-order valence-electron chi connectivity index (χ0n) is 17.4. The second-order valence-corrected chi connectivity index (χ2v) is 8.54. The van der Waals surface area contributed by atoms with Gasteiger partial charge in [-0.3, -0.25) is 9.91 Å². The number of hydrogen-bond donors (Lipinski definition) is 0. The zero-order chi connectivity index (χ0) is 20.3. The highest BCUT2D eigenvalue weighted by Gasteiger charge is 2.63. The van der Waals surface area contributed by atoms with E-state index in [0.717, 1.165) is 29.8 Å². The van der Waals surface area contributed by atoms with Crippen LogP contribution in [-0.4, -0.2) is 29.3 Å². The molecule has 3 aliphatic rings. The van der Waals surface area contributed by atoms with Gasteiger partial charge in [0.2, 0.25) is 0 Å². The molecule has 2 saturated heterocycles. The van der Waals surface area contributed by atoms with Crippen molar-refractivity contribution in [1.82, 2.24) is 10.0 Å². The van der Waals surface area contributed by atoms with E-state index in [9.17, 15) is 4.79 Å². The molecule has 5 nitrogen and oxygen atoms in total. The van der Waals surface area contributed by atoms with Gasteiger partial charge in [-0.25, -0.2) is 9.80 Å². The predicted octanol–water partition coefficient (Wildman–Crippen LogP) is 5.33. The Kier molecular flexibility index (Phi) is 3.92. The first-order chi connectivity index (χ1) is 14.0. The molecular formula is C24H27N3O2. The molecular weight excluding hydrogens is 362 g/mol. The minimum Gasteiger partial charge on any atom is -0.497 e. The number of urea groups is 1. The fraction of sp³-hybridized carbons (Fsp3) is 0.375. The van der Waals surface area contributed by atoms with Gasteiger partial charge < -0.3 is 4.74 Å². The number of ether oxygens (including phenoxy) is 1. The van der Waals surface area contributed by atoms with Crippen molar-refractivity contribution in [1.29, 1.82) is 0 Å². The van der Waals surface area contributed by atoms with Crippen LogP contribution in [0.3, 0.4) is 0 Å². The quantitative estimate of drug-likeness (QED) is 0.709. The Balaban J connectivity index is 1.64. The van der Waals surface area contributed by atoms with Gasteiger partial charge in [0.25, 0.3) is 0 Å². The van der Waals surface area contributed by atoms with E-state index in [-0.39, 0.29) is 23.7 Å². The molecule has 2 fully saturated rings. The maximum atomic E-state index is 13.7. The minimum absolute atomic E-state index is 0.0114. The molecule has 5 heteroatoms. The Morgan fingerprint density at radius 1 is 1.03 bits per heavy atom. The Morgan fingerprint density at radius 3 is 2.34 bits per heavy atom.